The molecule has 3 heterocycles. The second-order valence-electron chi connectivity index (χ2n) is 7.06. The number of carbonyl (C=O) groups excluding carboxylic acids is 1. The molecule has 0 fully saturated rings. The predicted octanol–water partition coefficient (Wildman–Crippen LogP) is 3.16. The van der Waals surface area contributed by atoms with E-state index in [0.29, 0.717) is 28.6 Å². The Bertz CT molecular complexity index is 1280. The number of amides is 1. The minimum absolute atomic E-state index is 0.0210. The molecule has 0 unspecified atom stereocenters. The number of carbonyl (C=O) groups is 1. The van der Waals surface area contributed by atoms with E-state index in [1.807, 2.05) is 0 Å². The monoisotopic (exact) mass is 458 g/mol. The summed E-state index contributed by atoms with van der Waals surface area (Å²) in [4.78, 5) is 14.9. The Morgan fingerprint density at radius 2 is 1.94 bits per heavy atom. The molecule has 0 atom stereocenters. The van der Waals surface area contributed by atoms with Gasteiger partial charge in [0.25, 0.3) is 5.89 Å². The standard InChI is InChI=1S/C21H17F3N6O3/c1-30-16(11-32-18-6-5-14(9-26-18)21(22,23)24)15(10-27-30)20-29-28-19(33-20)13-4-2-3-12(7-13)8-17(25)31/h2-7,9-10H,8,11H2,1H3,(H2,25,31). The van der Waals surface area contributed by atoms with Crippen molar-refractivity contribution in [1.29, 1.82) is 0 Å². The van der Waals surface area contributed by atoms with Gasteiger partial charge in [0.15, 0.2) is 0 Å². The lowest BCUT2D eigenvalue weighted by Gasteiger charge is -2.09. The predicted molar refractivity (Wildman–Crippen MR) is 108 cm³/mol. The van der Waals surface area contributed by atoms with Crippen molar-refractivity contribution in [2.24, 2.45) is 12.8 Å². The number of hydrogen-bond donors (Lipinski definition) is 1. The maximum absolute atomic E-state index is 12.7. The molecule has 0 aliphatic heterocycles. The largest absolute Gasteiger partial charge is 0.471 e. The van der Waals surface area contributed by atoms with Gasteiger partial charge >= 0.3 is 6.18 Å². The van der Waals surface area contributed by atoms with Crippen molar-refractivity contribution in [2.45, 2.75) is 19.2 Å². The zero-order valence-electron chi connectivity index (χ0n) is 17.2. The third-order valence-electron chi connectivity index (χ3n) is 4.69. The highest BCUT2D eigenvalue weighted by molar-refractivity contribution is 5.77. The van der Waals surface area contributed by atoms with Gasteiger partial charge < -0.3 is 14.9 Å². The number of hydrogen-bond acceptors (Lipinski definition) is 7. The van der Waals surface area contributed by atoms with Gasteiger partial charge in [-0.25, -0.2) is 4.98 Å². The summed E-state index contributed by atoms with van der Waals surface area (Å²) in [7, 11) is 1.67. The first kappa shape index (κ1) is 22.0. The van der Waals surface area contributed by atoms with E-state index in [2.05, 4.69) is 20.3 Å². The van der Waals surface area contributed by atoms with Gasteiger partial charge in [0.1, 0.15) is 6.61 Å². The summed E-state index contributed by atoms with van der Waals surface area (Å²) in [6.45, 7) is -0.0456. The topological polar surface area (TPSA) is 122 Å². The summed E-state index contributed by atoms with van der Waals surface area (Å²) in [5, 5.41) is 12.3. The van der Waals surface area contributed by atoms with Crippen LogP contribution in [0.5, 0.6) is 5.88 Å². The van der Waals surface area contributed by atoms with E-state index < -0.39 is 17.6 Å². The fourth-order valence-corrected chi connectivity index (χ4v) is 3.05. The Labute approximate surface area is 185 Å². The van der Waals surface area contributed by atoms with Gasteiger partial charge in [-0.1, -0.05) is 12.1 Å². The van der Waals surface area contributed by atoms with Crippen molar-refractivity contribution < 1.29 is 27.1 Å². The van der Waals surface area contributed by atoms with Crippen molar-refractivity contribution in [3.05, 3.63) is 65.6 Å². The normalized spacial score (nSPS) is 11.5. The van der Waals surface area contributed by atoms with E-state index >= 15 is 0 Å². The molecule has 0 bridgehead atoms. The van der Waals surface area contributed by atoms with Crippen molar-refractivity contribution in [2.75, 3.05) is 0 Å². The van der Waals surface area contributed by atoms with Crippen molar-refractivity contribution >= 4 is 5.91 Å². The molecule has 1 amide bonds. The number of aryl methyl sites for hydroxylation is 1. The van der Waals surface area contributed by atoms with Gasteiger partial charge in [0, 0.05) is 24.9 Å². The number of pyridine rings is 1. The molecule has 2 N–H and O–H groups in total. The maximum Gasteiger partial charge on any atom is 0.417 e. The lowest BCUT2D eigenvalue weighted by molar-refractivity contribution is -0.137. The van der Waals surface area contributed by atoms with E-state index in [4.69, 9.17) is 14.9 Å². The minimum atomic E-state index is -4.48. The number of aromatic nitrogens is 5. The fourth-order valence-electron chi connectivity index (χ4n) is 3.05. The van der Waals surface area contributed by atoms with Crippen LogP contribution in [-0.4, -0.2) is 30.9 Å². The van der Waals surface area contributed by atoms with Crippen LogP contribution < -0.4 is 10.5 Å². The van der Waals surface area contributed by atoms with E-state index in [9.17, 15) is 18.0 Å². The average Bonchev–Trinajstić information content (AvgIpc) is 3.38. The molecular weight excluding hydrogens is 441 g/mol. The SMILES string of the molecule is Cn1ncc(-c2nnc(-c3cccc(CC(N)=O)c3)o2)c1COc1ccc(C(F)(F)F)cn1. The average molecular weight is 458 g/mol. The van der Waals surface area contributed by atoms with Crippen LogP contribution >= 0.6 is 0 Å². The minimum Gasteiger partial charge on any atom is -0.471 e. The van der Waals surface area contributed by atoms with Crippen LogP contribution in [0, 0.1) is 0 Å². The quantitative estimate of drug-likeness (QED) is 0.451. The van der Waals surface area contributed by atoms with Gasteiger partial charge in [-0.2, -0.15) is 18.3 Å². The fraction of sp³-hybridized carbons (Fsp3) is 0.190. The Hall–Kier alpha value is -4.22. The number of nitrogens with zero attached hydrogens (tertiary/aromatic N) is 5. The molecule has 0 aliphatic rings. The molecular formula is C21H17F3N6O3. The lowest BCUT2D eigenvalue weighted by atomic mass is 10.1. The first-order valence-electron chi connectivity index (χ1n) is 9.59. The molecule has 1 aromatic carbocycles. The number of primary amides is 1. The van der Waals surface area contributed by atoms with Crippen LogP contribution in [0.25, 0.3) is 22.9 Å². The molecule has 33 heavy (non-hydrogen) atoms. The molecule has 9 nitrogen and oxygen atoms in total. The van der Waals surface area contributed by atoms with Crippen LogP contribution in [0.1, 0.15) is 16.8 Å². The molecule has 0 aliphatic carbocycles. The Kier molecular flexibility index (Phi) is 5.82. The van der Waals surface area contributed by atoms with Gasteiger partial charge in [-0.3, -0.25) is 9.48 Å². The molecule has 3 aromatic heterocycles. The third kappa shape index (κ3) is 5.00. The van der Waals surface area contributed by atoms with Gasteiger partial charge in [-0.15, -0.1) is 10.2 Å². The van der Waals surface area contributed by atoms with Crippen LogP contribution in [-0.2, 0) is 31.0 Å². The first-order valence-corrected chi connectivity index (χ1v) is 9.59. The maximum atomic E-state index is 12.7. The van der Waals surface area contributed by atoms with Crippen LogP contribution in [0.15, 0.2) is 53.2 Å². The molecule has 12 heteroatoms. The number of benzene rings is 1. The summed E-state index contributed by atoms with van der Waals surface area (Å²) >= 11 is 0. The van der Waals surface area contributed by atoms with Crippen molar-refractivity contribution in [3.63, 3.8) is 0 Å². The van der Waals surface area contributed by atoms with Crippen LogP contribution in [0.3, 0.4) is 0 Å². The van der Waals surface area contributed by atoms with E-state index in [0.717, 1.165) is 12.1 Å². The Balaban J connectivity index is 1.53. The van der Waals surface area contributed by atoms with Crippen molar-refractivity contribution in [3.8, 4) is 28.8 Å². The van der Waals surface area contributed by atoms with Crippen molar-refractivity contribution in [1.82, 2.24) is 25.0 Å². The summed E-state index contributed by atoms with van der Waals surface area (Å²) < 4.78 is 50.9. The summed E-state index contributed by atoms with van der Waals surface area (Å²) in [5.41, 5.74) is 6.75. The summed E-state index contributed by atoms with van der Waals surface area (Å²) in [6, 6.07) is 9.03. The zero-order valence-corrected chi connectivity index (χ0v) is 17.2. The number of alkyl halides is 3. The highest BCUT2D eigenvalue weighted by Gasteiger charge is 2.30. The summed E-state index contributed by atoms with van der Waals surface area (Å²) in [6.07, 6.45) is -2.18. The zero-order chi connectivity index (χ0) is 23.6. The molecule has 0 saturated heterocycles. The highest BCUT2D eigenvalue weighted by Crippen LogP contribution is 2.30. The van der Waals surface area contributed by atoms with Crippen LogP contribution in [0.4, 0.5) is 13.2 Å². The molecule has 0 saturated carbocycles. The van der Waals surface area contributed by atoms with Gasteiger partial charge in [-0.05, 0) is 23.8 Å². The summed E-state index contributed by atoms with van der Waals surface area (Å²) in [5.74, 6) is -0.0256. The Morgan fingerprint density at radius 1 is 1.15 bits per heavy atom. The first-order chi connectivity index (χ1) is 15.7. The molecule has 0 radical (unpaired) electrons. The molecule has 0 spiro atoms. The third-order valence-corrected chi connectivity index (χ3v) is 4.69. The molecule has 170 valence electrons. The number of halogens is 3. The molecule has 4 aromatic rings. The number of rotatable bonds is 7. The smallest absolute Gasteiger partial charge is 0.417 e. The lowest BCUT2D eigenvalue weighted by Crippen LogP contribution is -2.13. The number of nitrogens with two attached hydrogens (primary N) is 1. The van der Waals surface area contributed by atoms with E-state index in [1.54, 1.807) is 31.3 Å². The van der Waals surface area contributed by atoms with E-state index in [1.165, 1.54) is 10.9 Å². The Morgan fingerprint density at radius 3 is 2.64 bits per heavy atom. The van der Waals surface area contributed by atoms with Gasteiger partial charge in [0.2, 0.25) is 17.7 Å². The van der Waals surface area contributed by atoms with E-state index in [-0.39, 0.29) is 30.7 Å². The number of ether oxygens (including phenoxy) is 1. The molecule has 4 rings (SSSR count). The highest BCUT2D eigenvalue weighted by atomic mass is 19.4. The second kappa shape index (κ2) is 8.73. The second-order valence-corrected chi connectivity index (χ2v) is 7.06. The van der Waals surface area contributed by atoms with Gasteiger partial charge in [0.05, 0.1) is 29.4 Å². The van der Waals surface area contributed by atoms with Crippen LogP contribution in [0.2, 0.25) is 0 Å².